The van der Waals surface area contributed by atoms with Crippen LogP contribution >= 0.6 is 7.82 Å². The molecule has 0 spiro atoms. The molecular formula is C73H141N2O6P. The molecule has 8 nitrogen and oxygen atoms in total. The number of amides is 1. The van der Waals surface area contributed by atoms with Gasteiger partial charge in [-0.3, -0.25) is 9.36 Å². The molecule has 82 heavy (non-hydrogen) atoms. The van der Waals surface area contributed by atoms with E-state index in [1.807, 2.05) is 27.2 Å². The van der Waals surface area contributed by atoms with E-state index in [9.17, 15) is 19.4 Å². The van der Waals surface area contributed by atoms with Crippen molar-refractivity contribution >= 4 is 13.7 Å². The summed E-state index contributed by atoms with van der Waals surface area (Å²) in [6.07, 6.45) is 86.8. The maximum Gasteiger partial charge on any atom is 0.268 e. The van der Waals surface area contributed by atoms with Crippen LogP contribution in [0.2, 0.25) is 0 Å². The van der Waals surface area contributed by atoms with Crippen LogP contribution in [0.4, 0.5) is 0 Å². The Hall–Kier alpha value is -1.54. The summed E-state index contributed by atoms with van der Waals surface area (Å²) in [7, 11) is 1.26. The first-order valence-corrected chi connectivity index (χ1v) is 37.5. The number of phosphoric ester groups is 1. The SMILES string of the molecule is CCCCCCC/C=C\C/C=C\CCCCCCCCCCCCCCCCCCCCCCCCCC(=O)NC(COP(=O)([O-])OCC[N+](C)(C)C)C(O)/C=C/CC/C=C/CCCCCCCCCCCCCCCCCCCCC. The van der Waals surface area contributed by atoms with Gasteiger partial charge < -0.3 is 28.8 Å². The van der Waals surface area contributed by atoms with Gasteiger partial charge in [0.05, 0.1) is 39.9 Å². The Morgan fingerprint density at radius 2 is 0.720 bits per heavy atom. The van der Waals surface area contributed by atoms with Crippen LogP contribution in [0, 0.1) is 0 Å². The molecule has 0 saturated carbocycles. The number of unbranched alkanes of at least 4 members (excludes halogenated alkanes) is 48. The van der Waals surface area contributed by atoms with E-state index in [1.54, 1.807) is 6.08 Å². The molecule has 0 aliphatic heterocycles. The quantitative estimate of drug-likeness (QED) is 0.0272. The molecule has 3 atom stereocenters. The lowest BCUT2D eigenvalue weighted by atomic mass is 10.0. The van der Waals surface area contributed by atoms with Crippen LogP contribution < -0.4 is 10.2 Å². The number of carbonyl (C=O) groups excluding carboxylic acids is 1. The van der Waals surface area contributed by atoms with Gasteiger partial charge in [0.2, 0.25) is 5.91 Å². The number of hydrogen-bond acceptors (Lipinski definition) is 6. The molecule has 0 aromatic heterocycles. The number of phosphoric acid groups is 1. The minimum atomic E-state index is -4.61. The molecule has 0 bridgehead atoms. The van der Waals surface area contributed by atoms with Crippen molar-refractivity contribution < 1.29 is 32.9 Å². The second-order valence-electron chi connectivity index (χ2n) is 25.9. The highest BCUT2D eigenvalue weighted by atomic mass is 31.2. The third kappa shape index (κ3) is 66.0. The molecule has 0 heterocycles. The number of nitrogens with zero attached hydrogens (tertiary/aromatic N) is 1. The second kappa shape index (κ2) is 63.9. The Balaban J connectivity index is 4.03. The van der Waals surface area contributed by atoms with Gasteiger partial charge in [0.25, 0.3) is 7.82 Å². The molecule has 0 aliphatic rings. The van der Waals surface area contributed by atoms with E-state index in [-0.39, 0.29) is 19.1 Å². The van der Waals surface area contributed by atoms with Crippen LogP contribution in [0.1, 0.15) is 361 Å². The molecular weight excluding hydrogens is 1030 g/mol. The van der Waals surface area contributed by atoms with Gasteiger partial charge in [-0.05, 0) is 64.2 Å². The topological polar surface area (TPSA) is 108 Å². The van der Waals surface area contributed by atoms with Gasteiger partial charge in [0.1, 0.15) is 13.2 Å². The van der Waals surface area contributed by atoms with Crippen molar-refractivity contribution in [2.24, 2.45) is 0 Å². The van der Waals surface area contributed by atoms with Crippen molar-refractivity contribution in [3.63, 3.8) is 0 Å². The molecule has 0 saturated heterocycles. The van der Waals surface area contributed by atoms with Gasteiger partial charge >= 0.3 is 0 Å². The zero-order valence-corrected chi connectivity index (χ0v) is 56.4. The van der Waals surface area contributed by atoms with Crippen LogP contribution in [-0.2, 0) is 18.4 Å². The van der Waals surface area contributed by atoms with Crippen molar-refractivity contribution in [3.8, 4) is 0 Å². The van der Waals surface area contributed by atoms with Gasteiger partial charge in [0.15, 0.2) is 0 Å². The van der Waals surface area contributed by atoms with E-state index in [0.29, 0.717) is 17.4 Å². The molecule has 3 unspecified atom stereocenters. The monoisotopic (exact) mass is 1170 g/mol. The molecule has 1 amide bonds. The highest BCUT2D eigenvalue weighted by molar-refractivity contribution is 7.45. The maximum atomic E-state index is 13.0. The van der Waals surface area contributed by atoms with E-state index in [1.165, 1.54) is 295 Å². The third-order valence-corrected chi connectivity index (χ3v) is 17.5. The molecule has 9 heteroatoms. The Kier molecular flexibility index (Phi) is 62.7. The number of aliphatic hydroxyl groups is 1. The largest absolute Gasteiger partial charge is 0.756 e. The van der Waals surface area contributed by atoms with Crippen LogP contribution in [0.5, 0.6) is 0 Å². The maximum absolute atomic E-state index is 13.0. The first-order chi connectivity index (χ1) is 40.0. The van der Waals surface area contributed by atoms with Gasteiger partial charge in [-0.15, -0.1) is 0 Å². The van der Waals surface area contributed by atoms with Gasteiger partial charge in [-0.1, -0.05) is 339 Å². The van der Waals surface area contributed by atoms with E-state index in [2.05, 4.69) is 55.6 Å². The van der Waals surface area contributed by atoms with Crippen LogP contribution in [-0.4, -0.2) is 68.5 Å². The average Bonchev–Trinajstić information content (AvgIpc) is 3.45. The summed E-state index contributed by atoms with van der Waals surface area (Å²) in [5.74, 6) is -0.200. The molecule has 0 fully saturated rings. The summed E-state index contributed by atoms with van der Waals surface area (Å²) in [6.45, 7) is 4.67. The second-order valence-corrected chi connectivity index (χ2v) is 27.3. The summed E-state index contributed by atoms with van der Waals surface area (Å²) in [6, 6.07) is -0.904. The highest BCUT2D eigenvalue weighted by Crippen LogP contribution is 2.38. The Bertz CT molecular complexity index is 1480. The lowest BCUT2D eigenvalue weighted by Gasteiger charge is -2.29. The minimum Gasteiger partial charge on any atom is -0.756 e. The van der Waals surface area contributed by atoms with Crippen molar-refractivity contribution in [2.45, 2.75) is 373 Å². The first kappa shape index (κ1) is 80.5. The van der Waals surface area contributed by atoms with Gasteiger partial charge in [0, 0.05) is 6.42 Å². The van der Waals surface area contributed by atoms with E-state index in [0.717, 1.165) is 44.9 Å². The molecule has 0 rings (SSSR count). The third-order valence-electron chi connectivity index (χ3n) is 16.5. The fourth-order valence-electron chi connectivity index (χ4n) is 10.9. The smallest absolute Gasteiger partial charge is 0.268 e. The highest BCUT2D eigenvalue weighted by Gasteiger charge is 2.23. The number of aliphatic hydroxyl groups excluding tert-OH is 1. The first-order valence-electron chi connectivity index (χ1n) is 36.0. The summed E-state index contributed by atoms with van der Waals surface area (Å²) >= 11 is 0. The molecule has 0 aliphatic carbocycles. The molecule has 2 N–H and O–H groups in total. The number of carbonyl (C=O) groups is 1. The average molecular weight is 1170 g/mol. The van der Waals surface area contributed by atoms with Crippen LogP contribution in [0.25, 0.3) is 0 Å². The van der Waals surface area contributed by atoms with Gasteiger partial charge in [-0.25, -0.2) is 0 Å². The number of rotatable bonds is 67. The Morgan fingerprint density at radius 3 is 1.06 bits per heavy atom. The Morgan fingerprint density at radius 1 is 0.427 bits per heavy atom. The van der Waals surface area contributed by atoms with E-state index in [4.69, 9.17) is 9.05 Å². The summed E-state index contributed by atoms with van der Waals surface area (Å²) in [5, 5.41) is 13.9. The van der Waals surface area contributed by atoms with Crippen molar-refractivity contribution in [1.82, 2.24) is 5.32 Å². The minimum absolute atomic E-state index is 0.00493. The van der Waals surface area contributed by atoms with Crippen molar-refractivity contribution in [2.75, 3.05) is 40.9 Å². The number of likely N-dealkylation sites (N-methyl/N-ethyl adjacent to an activating group) is 1. The van der Waals surface area contributed by atoms with Crippen LogP contribution in [0.3, 0.4) is 0 Å². The summed E-state index contributed by atoms with van der Waals surface area (Å²) in [5.41, 5.74) is 0. The fraction of sp³-hybridized carbons (Fsp3) is 0.877. The number of nitrogens with one attached hydrogen (secondary N) is 1. The Labute approximate surface area is 511 Å². The molecule has 0 aromatic rings. The van der Waals surface area contributed by atoms with Crippen molar-refractivity contribution in [1.29, 1.82) is 0 Å². The number of hydrogen-bond donors (Lipinski definition) is 2. The molecule has 484 valence electrons. The lowest BCUT2D eigenvalue weighted by molar-refractivity contribution is -0.870. The molecule has 0 radical (unpaired) electrons. The standard InChI is InChI=1S/C73H141N2O6P/c1-6-8-10-12-14-16-18-20-22-24-26-28-30-32-33-34-35-36-37-38-39-40-41-43-45-47-49-51-53-55-57-59-61-63-65-67-73(77)74-71(70-81-82(78,79)80-69-68-75(3,4)5)72(76)66-64-62-60-58-56-54-52-50-48-46-44-42-31-29-27-25-23-21-19-17-15-13-11-9-7-2/h18,20,24,26,56,58,64,66,71-72,76H,6-17,19,21-23,25,27-55,57,59-63,65,67-70H2,1-5H3,(H-,74,77,78,79)/b20-18-,26-24-,58-56+,66-64+. The number of quaternary nitrogens is 1. The normalized spacial score (nSPS) is 13.9. The van der Waals surface area contributed by atoms with E-state index < -0.39 is 20.0 Å². The predicted octanol–water partition coefficient (Wildman–Crippen LogP) is 22.4. The van der Waals surface area contributed by atoms with Gasteiger partial charge in [-0.2, -0.15) is 0 Å². The zero-order chi connectivity index (χ0) is 59.8. The van der Waals surface area contributed by atoms with E-state index >= 15 is 0 Å². The molecule has 0 aromatic carbocycles. The van der Waals surface area contributed by atoms with Crippen LogP contribution in [0.15, 0.2) is 48.6 Å². The summed E-state index contributed by atoms with van der Waals surface area (Å²) < 4.78 is 23.4. The fourth-order valence-corrected chi connectivity index (χ4v) is 11.6. The number of allylic oxidation sites excluding steroid dienone is 7. The van der Waals surface area contributed by atoms with Crippen molar-refractivity contribution in [3.05, 3.63) is 48.6 Å². The lowest BCUT2D eigenvalue weighted by Crippen LogP contribution is -2.45. The predicted molar refractivity (Wildman–Crippen MR) is 358 cm³/mol. The summed E-state index contributed by atoms with van der Waals surface area (Å²) in [4.78, 5) is 25.6. The zero-order valence-electron chi connectivity index (χ0n) is 55.5.